The van der Waals surface area contributed by atoms with Gasteiger partial charge in [0.05, 0.1) is 0 Å². The molecule has 0 unspecified atom stereocenters. The maximum absolute atomic E-state index is 2.36. The Labute approximate surface area is 124 Å². The first-order valence-electron chi connectivity index (χ1n) is 5.09. The zero-order chi connectivity index (χ0) is 11.3. The molecule has 0 spiro atoms. The Bertz CT molecular complexity index is 357. The van der Waals surface area contributed by atoms with Crippen molar-refractivity contribution in [3.8, 4) is 0 Å². The second-order valence-corrected chi connectivity index (χ2v) is 10.8. The van der Waals surface area contributed by atoms with E-state index >= 15 is 0 Å². The molecule has 0 N–H and O–H groups in total. The largest absolute Gasteiger partial charge is 2.00 e. The molecule has 0 fully saturated rings. The second kappa shape index (κ2) is 7.48. The van der Waals surface area contributed by atoms with Crippen molar-refractivity contribution in [3.05, 3.63) is 52.1 Å². The smallest absolute Gasteiger partial charge is 0.214 e. The van der Waals surface area contributed by atoms with Crippen LogP contribution in [0, 0.1) is 3.57 Å². The van der Waals surface area contributed by atoms with Crippen molar-refractivity contribution in [1.29, 1.82) is 0 Å². The third-order valence-electron chi connectivity index (χ3n) is 2.15. The molecule has 0 saturated carbocycles. The van der Waals surface area contributed by atoms with E-state index in [1.165, 1.54) is 3.57 Å². The van der Waals surface area contributed by atoms with E-state index < -0.39 is 8.07 Å². The topological polar surface area (TPSA) is 0 Å². The predicted molar refractivity (Wildman–Crippen MR) is 79.8 cm³/mol. The summed E-state index contributed by atoms with van der Waals surface area (Å²) < 4.78 is 1.31. The molecule has 2 aromatic rings. The molecule has 0 saturated heterocycles. The molecule has 0 amide bonds. The SMILES string of the molecule is C[Si](C)(C)[c-]1cccc1.I[c-]1cccc1.[Fe+2]. The van der Waals surface area contributed by atoms with Gasteiger partial charge in [0.25, 0.3) is 0 Å². The van der Waals surface area contributed by atoms with Gasteiger partial charge in [0.1, 0.15) is 0 Å². The van der Waals surface area contributed by atoms with Crippen LogP contribution in [0.3, 0.4) is 0 Å². The van der Waals surface area contributed by atoms with E-state index in [9.17, 15) is 0 Å². The molecule has 16 heavy (non-hydrogen) atoms. The van der Waals surface area contributed by atoms with Crippen LogP contribution in [0.25, 0.3) is 0 Å². The monoisotopic (exact) mass is 384 g/mol. The molecule has 2 aromatic carbocycles. The molecular formula is C13H17FeISi. The molecule has 0 aliphatic carbocycles. The Balaban J connectivity index is 0.000000283. The fourth-order valence-electron chi connectivity index (χ4n) is 1.22. The first-order chi connectivity index (χ1) is 7.00. The third-order valence-corrected chi connectivity index (χ3v) is 4.94. The Morgan fingerprint density at radius 1 is 0.812 bits per heavy atom. The maximum Gasteiger partial charge on any atom is 2.00 e. The molecule has 0 heterocycles. The Morgan fingerprint density at radius 3 is 1.38 bits per heavy atom. The van der Waals surface area contributed by atoms with Crippen LogP contribution < -0.4 is 5.19 Å². The number of hydrogen-bond acceptors (Lipinski definition) is 0. The molecule has 0 nitrogen and oxygen atoms in total. The molecule has 0 radical (unpaired) electrons. The van der Waals surface area contributed by atoms with Crippen LogP contribution in [-0.2, 0) is 17.1 Å². The van der Waals surface area contributed by atoms with E-state index in [1.807, 2.05) is 12.1 Å². The summed E-state index contributed by atoms with van der Waals surface area (Å²) in [6.45, 7) is 7.09. The van der Waals surface area contributed by atoms with Gasteiger partial charge in [-0.15, -0.1) is 22.6 Å². The van der Waals surface area contributed by atoms with E-state index in [4.69, 9.17) is 0 Å². The second-order valence-electron chi connectivity index (χ2n) is 4.53. The van der Waals surface area contributed by atoms with Gasteiger partial charge in [-0.25, -0.2) is 24.3 Å². The fraction of sp³-hybridized carbons (Fsp3) is 0.231. The molecule has 88 valence electrons. The minimum atomic E-state index is -0.981. The zero-order valence-electron chi connectivity index (χ0n) is 9.85. The molecule has 3 heteroatoms. The Morgan fingerprint density at radius 2 is 1.19 bits per heavy atom. The first kappa shape index (κ1) is 16.2. The average molecular weight is 384 g/mol. The standard InChI is InChI=1S/C8H13Si.C5H4I.Fe/c1-9(2,3)8-6-4-5-7-8;6-5-3-1-2-4-5;/h4-7H,1-3H3;1-4H;/q2*-1;+2. The van der Waals surface area contributed by atoms with Crippen LogP contribution in [0.15, 0.2) is 48.5 Å². The van der Waals surface area contributed by atoms with Crippen LogP contribution >= 0.6 is 22.6 Å². The Kier molecular flexibility index (Phi) is 7.56. The van der Waals surface area contributed by atoms with Crippen LogP contribution in [-0.4, -0.2) is 8.07 Å². The van der Waals surface area contributed by atoms with Crippen LogP contribution in [0.4, 0.5) is 0 Å². The van der Waals surface area contributed by atoms with Crippen molar-refractivity contribution in [2.75, 3.05) is 0 Å². The van der Waals surface area contributed by atoms with Gasteiger partial charge in [0, 0.05) is 8.07 Å². The first-order valence-corrected chi connectivity index (χ1v) is 9.67. The van der Waals surface area contributed by atoms with Gasteiger partial charge in [-0.1, -0.05) is 23.2 Å². The normalized spacial score (nSPS) is 10.0. The summed E-state index contributed by atoms with van der Waals surface area (Å²) >= 11 is 2.28. The van der Waals surface area contributed by atoms with Crippen molar-refractivity contribution in [2.45, 2.75) is 19.6 Å². The van der Waals surface area contributed by atoms with Gasteiger partial charge < -0.3 is 0 Å². The van der Waals surface area contributed by atoms with Crippen LogP contribution in [0.5, 0.6) is 0 Å². The molecule has 0 aliphatic rings. The Hall–Kier alpha value is 0.166. The number of halogens is 1. The van der Waals surface area contributed by atoms with Crippen molar-refractivity contribution in [3.63, 3.8) is 0 Å². The number of rotatable bonds is 1. The minimum absolute atomic E-state index is 0. The summed E-state index contributed by atoms with van der Waals surface area (Å²) in [6, 6.07) is 16.9. The van der Waals surface area contributed by atoms with E-state index in [1.54, 1.807) is 5.19 Å². The zero-order valence-corrected chi connectivity index (χ0v) is 14.1. The van der Waals surface area contributed by atoms with Gasteiger partial charge in [-0.2, -0.15) is 29.5 Å². The molecule has 2 rings (SSSR count). The summed E-state index contributed by atoms with van der Waals surface area (Å²) in [5.74, 6) is 0. The average Bonchev–Trinajstić information content (AvgIpc) is 2.73. The molecule has 0 aromatic heterocycles. The van der Waals surface area contributed by atoms with E-state index in [0.29, 0.717) is 0 Å². The summed E-state index contributed by atoms with van der Waals surface area (Å²) in [6.07, 6.45) is 0. The maximum atomic E-state index is 2.36. The van der Waals surface area contributed by atoms with Crippen LogP contribution in [0.2, 0.25) is 19.6 Å². The van der Waals surface area contributed by atoms with Gasteiger partial charge in [0.2, 0.25) is 0 Å². The van der Waals surface area contributed by atoms with Gasteiger partial charge in [0.15, 0.2) is 0 Å². The van der Waals surface area contributed by atoms with Crippen LogP contribution in [0.1, 0.15) is 0 Å². The third kappa shape index (κ3) is 6.04. The minimum Gasteiger partial charge on any atom is -0.214 e. The van der Waals surface area contributed by atoms with Crippen molar-refractivity contribution in [2.24, 2.45) is 0 Å². The fourth-order valence-corrected chi connectivity index (χ4v) is 2.83. The summed E-state index contributed by atoms with van der Waals surface area (Å²) in [5.41, 5.74) is 0. The molecular weight excluding hydrogens is 367 g/mol. The van der Waals surface area contributed by atoms with E-state index in [2.05, 4.69) is 78.6 Å². The number of hydrogen-bond donors (Lipinski definition) is 0. The van der Waals surface area contributed by atoms with Gasteiger partial charge in [-0.3, -0.25) is 0 Å². The quantitative estimate of drug-likeness (QED) is 0.397. The van der Waals surface area contributed by atoms with Crippen molar-refractivity contribution in [1.82, 2.24) is 0 Å². The van der Waals surface area contributed by atoms with Crippen molar-refractivity contribution < 1.29 is 17.1 Å². The summed E-state index contributed by atoms with van der Waals surface area (Å²) in [7, 11) is -0.981. The summed E-state index contributed by atoms with van der Waals surface area (Å²) in [4.78, 5) is 0. The molecule has 0 bridgehead atoms. The van der Waals surface area contributed by atoms with Crippen molar-refractivity contribution >= 4 is 35.9 Å². The molecule has 0 atom stereocenters. The van der Waals surface area contributed by atoms with Gasteiger partial charge in [-0.05, 0) is 0 Å². The van der Waals surface area contributed by atoms with E-state index in [-0.39, 0.29) is 17.1 Å². The predicted octanol–water partition coefficient (Wildman–Crippen LogP) is 3.96. The molecule has 0 aliphatic heterocycles. The van der Waals surface area contributed by atoms with E-state index in [0.717, 1.165) is 0 Å². The van der Waals surface area contributed by atoms with Gasteiger partial charge >= 0.3 is 17.1 Å². The summed E-state index contributed by atoms with van der Waals surface area (Å²) in [5, 5.41) is 1.56.